The van der Waals surface area contributed by atoms with Crippen molar-refractivity contribution in [2.45, 2.75) is 37.5 Å². The number of furan rings is 1. The molecule has 0 aliphatic heterocycles. The summed E-state index contributed by atoms with van der Waals surface area (Å²) < 4.78 is 6.39. The molecule has 5 aliphatic carbocycles. The minimum Gasteiger partial charge on any atom is -0.456 e. The molecule has 52 heavy (non-hydrogen) atoms. The number of rotatable bonds is 4. The normalized spacial score (nSPS) is 23.8. The van der Waals surface area contributed by atoms with Crippen LogP contribution in [0.2, 0.25) is 0 Å². The van der Waals surface area contributed by atoms with Crippen LogP contribution in [0.15, 0.2) is 156 Å². The van der Waals surface area contributed by atoms with Crippen molar-refractivity contribution in [3.05, 3.63) is 163 Å². The monoisotopic (exact) mass is 669 g/mol. The van der Waals surface area contributed by atoms with Crippen LogP contribution in [-0.2, 0) is 5.41 Å². The van der Waals surface area contributed by atoms with Crippen LogP contribution < -0.4 is 4.90 Å². The van der Waals surface area contributed by atoms with E-state index in [0.717, 1.165) is 62.7 Å². The highest BCUT2D eigenvalue weighted by Gasteiger charge is 2.61. The molecule has 13 rings (SSSR count). The van der Waals surface area contributed by atoms with Gasteiger partial charge in [0.05, 0.1) is 5.69 Å². The highest BCUT2D eigenvalue weighted by Crippen LogP contribution is 2.69. The molecule has 8 aromatic rings. The lowest BCUT2D eigenvalue weighted by molar-refractivity contribution is -0.0399. The third-order valence-corrected chi connectivity index (χ3v) is 13.6. The number of benzene rings is 7. The number of hydrogen-bond donors (Lipinski definition) is 0. The van der Waals surface area contributed by atoms with Gasteiger partial charge in [-0.15, -0.1) is 0 Å². The van der Waals surface area contributed by atoms with E-state index >= 15 is 0 Å². The summed E-state index contributed by atoms with van der Waals surface area (Å²) >= 11 is 0. The summed E-state index contributed by atoms with van der Waals surface area (Å²) in [4.78, 5) is 2.38. The third-order valence-electron chi connectivity index (χ3n) is 13.6. The maximum absolute atomic E-state index is 6.39. The molecule has 4 saturated carbocycles. The fourth-order valence-corrected chi connectivity index (χ4v) is 11.8. The molecule has 0 amide bonds. The second-order valence-corrected chi connectivity index (χ2v) is 16.1. The molecule has 0 radical (unpaired) electrons. The Labute approximate surface area is 304 Å². The molecule has 4 fully saturated rings. The highest BCUT2D eigenvalue weighted by molar-refractivity contribution is 6.07. The standard InChI is InChI=1S/C50H39NO/c1-2-10-40-34(8-1)9-7-14-47(40)51(39-21-22-43-42-12-4-6-15-48(42)52-49(43)30-39)38-19-16-33(17-20-38)35-18-23-46-44(29-35)41-11-3-5-13-45(41)50(46)36-25-31-24-32(27-36)28-37(50)26-31/h1-23,29-32,36-37H,24-28H2. The summed E-state index contributed by atoms with van der Waals surface area (Å²) in [5.74, 6) is 3.48. The van der Waals surface area contributed by atoms with Crippen molar-refractivity contribution in [1.29, 1.82) is 0 Å². The number of hydrogen-bond acceptors (Lipinski definition) is 2. The first-order valence-electron chi connectivity index (χ1n) is 19.3. The van der Waals surface area contributed by atoms with Crippen LogP contribution in [0.4, 0.5) is 17.1 Å². The van der Waals surface area contributed by atoms with Gasteiger partial charge in [0.1, 0.15) is 11.2 Å². The predicted octanol–water partition coefficient (Wildman–Crippen LogP) is 13.6. The van der Waals surface area contributed by atoms with Crippen molar-refractivity contribution in [1.82, 2.24) is 0 Å². The Kier molecular flexibility index (Phi) is 5.98. The van der Waals surface area contributed by atoms with Crippen LogP contribution >= 0.6 is 0 Å². The summed E-state index contributed by atoms with van der Waals surface area (Å²) in [6, 6.07) is 56.3. The van der Waals surface area contributed by atoms with Crippen molar-refractivity contribution in [2.75, 3.05) is 4.90 Å². The van der Waals surface area contributed by atoms with Gasteiger partial charge in [0.25, 0.3) is 0 Å². The van der Waals surface area contributed by atoms with Crippen molar-refractivity contribution in [3.63, 3.8) is 0 Å². The van der Waals surface area contributed by atoms with Gasteiger partial charge in [-0.3, -0.25) is 0 Å². The molecule has 250 valence electrons. The summed E-state index contributed by atoms with van der Waals surface area (Å²) in [7, 11) is 0. The SMILES string of the molecule is c1ccc2c(c1)-c1cc(-c3ccc(N(c4ccc5c(c4)oc4ccccc45)c4cccc5ccccc45)cc3)ccc1C21C2CC3CC(C2)CC1C3. The van der Waals surface area contributed by atoms with E-state index in [0.29, 0.717) is 0 Å². The van der Waals surface area contributed by atoms with Gasteiger partial charge in [-0.25, -0.2) is 0 Å². The average molecular weight is 670 g/mol. The quantitative estimate of drug-likeness (QED) is 0.185. The fourth-order valence-electron chi connectivity index (χ4n) is 11.8. The van der Waals surface area contributed by atoms with Gasteiger partial charge in [0.15, 0.2) is 0 Å². The van der Waals surface area contributed by atoms with E-state index in [1.165, 1.54) is 65.1 Å². The molecule has 0 N–H and O–H groups in total. The second-order valence-electron chi connectivity index (χ2n) is 16.1. The van der Waals surface area contributed by atoms with Crippen molar-refractivity contribution in [3.8, 4) is 22.3 Å². The molecule has 1 aromatic heterocycles. The summed E-state index contributed by atoms with van der Waals surface area (Å²) in [5, 5.41) is 4.73. The lowest BCUT2D eigenvalue weighted by Crippen LogP contribution is -2.55. The minimum absolute atomic E-state index is 0.210. The summed E-state index contributed by atoms with van der Waals surface area (Å²) in [5.41, 5.74) is 14.1. The molecule has 4 bridgehead atoms. The van der Waals surface area contributed by atoms with E-state index in [9.17, 15) is 0 Å². The van der Waals surface area contributed by atoms with Crippen molar-refractivity contribution < 1.29 is 4.42 Å². The van der Waals surface area contributed by atoms with Crippen LogP contribution in [0.25, 0.3) is 55.0 Å². The number of fused-ring (bicyclic) bond motifs is 7. The van der Waals surface area contributed by atoms with Gasteiger partial charge < -0.3 is 9.32 Å². The molecule has 7 aromatic carbocycles. The molecule has 0 atom stereocenters. The smallest absolute Gasteiger partial charge is 0.137 e. The maximum Gasteiger partial charge on any atom is 0.137 e. The molecule has 0 unspecified atom stereocenters. The van der Waals surface area contributed by atoms with Gasteiger partial charge in [0.2, 0.25) is 0 Å². The Bertz CT molecular complexity index is 2680. The molecule has 1 heterocycles. The maximum atomic E-state index is 6.39. The molecule has 1 spiro atoms. The zero-order chi connectivity index (χ0) is 34.0. The summed E-state index contributed by atoms with van der Waals surface area (Å²) in [6.07, 6.45) is 7.15. The van der Waals surface area contributed by atoms with Gasteiger partial charge in [-0.2, -0.15) is 0 Å². The van der Waals surface area contributed by atoms with Crippen LogP contribution in [0.5, 0.6) is 0 Å². The molecule has 2 nitrogen and oxygen atoms in total. The molecular formula is C50H39NO. The highest BCUT2D eigenvalue weighted by atomic mass is 16.3. The minimum atomic E-state index is 0.210. The zero-order valence-corrected chi connectivity index (χ0v) is 29.1. The van der Waals surface area contributed by atoms with E-state index in [1.54, 1.807) is 11.1 Å². The van der Waals surface area contributed by atoms with Gasteiger partial charge in [-0.05, 0) is 137 Å². The Morgan fingerprint density at radius 2 is 1.12 bits per heavy atom. The Morgan fingerprint density at radius 3 is 1.96 bits per heavy atom. The molecule has 5 aliphatic rings. The van der Waals surface area contributed by atoms with Crippen LogP contribution in [0.1, 0.15) is 43.2 Å². The average Bonchev–Trinajstić information content (AvgIpc) is 3.70. The van der Waals surface area contributed by atoms with Crippen molar-refractivity contribution >= 4 is 49.8 Å². The lowest BCUT2D eigenvalue weighted by Gasteiger charge is -2.61. The Morgan fingerprint density at radius 1 is 0.462 bits per heavy atom. The Hall–Kier alpha value is -5.60. The predicted molar refractivity (Wildman–Crippen MR) is 215 cm³/mol. The van der Waals surface area contributed by atoms with E-state index in [-0.39, 0.29) is 5.41 Å². The lowest BCUT2D eigenvalue weighted by atomic mass is 9.43. The first kappa shape index (κ1) is 29.0. The van der Waals surface area contributed by atoms with Gasteiger partial charge in [-0.1, -0.05) is 103 Å². The fraction of sp³-hybridized carbons (Fsp3) is 0.200. The van der Waals surface area contributed by atoms with Gasteiger partial charge >= 0.3 is 0 Å². The molecular weight excluding hydrogens is 631 g/mol. The van der Waals surface area contributed by atoms with Crippen LogP contribution in [-0.4, -0.2) is 0 Å². The van der Waals surface area contributed by atoms with Crippen molar-refractivity contribution in [2.24, 2.45) is 23.7 Å². The molecule has 2 heteroatoms. The van der Waals surface area contributed by atoms with E-state index in [4.69, 9.17) is 4.42 Å². The number of nitrogens with zero attached hydrogens (tertiary/aromatic N) is 1. The van der Waals surface area contributed by atoms with E-state index in [2.05, 4.69) is 150 Å². The second kappa shape index (κ2) is 10.7. The van der Waals surface area contributed by atoms with E-state index in [1.807, 2.05) is 6.07 Å². The first-order valence-corrected chi connectivity index (χ1v) is 19.3. The third kappa shape index (κ3) is 3.96. The largest absolute Gasteiger partial charge is 0.456 e. The number of para-hydroxylation sites is 1. The van der Waals surface area contributed by atoms with Crippen LogP contribution in [0, 0.1) is 23.7 Å². The summed E-state index contributed by atoms with van der Waals surface area (Å²) in [6.45, 7) is 0. The molecule has 0 saturated heterocycles. The number of anilines is 3. The zero-order valence-electron chi connectivity index (χ0n) is 29.1. The Balaban J connectivity index is 0.973. The van der Waals surface area contributed by atoms with Crippen LogP contribution in [0.3, 0.4) is 0 Å². The topological polar surface area (TPSA) is 16.4 Å². The van der Waals surface area contributed by atoms with Gasteiger partial charge in [0, 0.05) is 39.0 Å². The first-order chi connectivity index (χ1) is 25.7. The van der Waals surface area contributed by atoms with E-state index < -0.39 is 0 Å².